The van der Waals surface area contributed by atoms with Gasteiger partial charge in [0.15, 0.2) is 0 Å². The van der Waals surface area contributed by atoms with Crippen LogP contribution >= 0.6 is 0 Å². The minimum atomic E-state index is -0.0452. The van der Waals surface area contributed by atoms with E-state index in [0.29, 0.717) is 5.75 Å². The van der Waals surface area contributed by atoms with Gasteiger partial charge in [-0.1, -0.05) is 18.2 Å². The van der Waals surface area contributed by atoms with Crippen molar-refractivity contribution in [1.82, 2.24) is 0 Å². The van der Waals surface area contributed by atoms with E-state index in [1.807, 2.05) is 19.1 Å². The fourth-order valence-electron chi connectivity index (χ4n) is 0.958. The van der Waals surface area contributed by atoms with Crippen LogP contribution < -0.4 is 0 Å². The monoisotopic (exact) mass is 152 g/mol. The molecule has 1 aromatic rings. The van der Waals surface area contributed by atoms with Gasteiger partial charge < -0.3 is 9.84 Å². The minimum Gasteiger partial charge on any atom is -0.508 e. The zero-order valence-corrected chi connectivity index (χ0v) is 6.74. The second kappa shape index (κ2) is 3.39. The summed E-state index contributed by atoms with van der Waals surface area (Å²) in [5, 5.41) is 9.33. The molecule has 11 heavy (non-hydrogen) atoms. The fourth-order valence-corrected chi connectivity index (χ4v) is 0.958. The first kappa shape index (κ1) is 8.08. The van der Waals surface area contributed by atoms with Crippen molar-refractivity contribution in [3.8, 4) is 5.75 Å². The SMILES string of the molecule is CO[C@@H](C)c1ccccc1O. The van der Waals surface area contributed by atoms with Crippen LogP contribution in [0.2, 0.25) is 0 Å². The van der Waals surface area contributed by atoms with E-state index in [1.54, 1.807) is 19.2 Å². The summed E-state index contributed by atoms with van der Waals surface area (Å²) in [7, 11) is 1.62. The minimum absolute atomic E-state index is 0.0452. The molecule has 0 aliphatic rings. The lowest BCUT2D eigenvalue weighted by Gasteiger charge is -2.10. The van der Waals surface area contributed by atoms with Crippen LogP contribution in [-0.4, -0.2) is 12.2 Å². The number of rotatable bonds is 2. The smallest absolute Gasteiger partial charge is 0.121 e. The maximum Gasteiger partial charge on any atom is 0.121 e. The number of para-hydroxylation sites is 1. The number of hydrogen-bond acceptors (Lipinski definition) is 2. The van der Waals surface area contributed by atoms with Crippen molar-refractivity contribution in [3.05, 3.63) is 29.8 Å². The Labute approximate surface area is 66.4 Å². The van der Waals surface area contributed by atoms with Crippen LogP contribution in [-0.2, 0) is 4.74 Å². The summed E-state index contributed by atoms with van der Waals surface area (Å²) in [4.78, 5) is 0. The Morgan fingerprint density at radius 2 is 2.00 bits per heavy atom. The molecule has 0 aliphatic carbocycles. The summed E-state index contributed by atoms with van der Waals surface area (Å²) >= 11 is 0. The number of hydrogen-bond donors (Lipinski definition) is 1. The Morgan fingerprint density at radius 1 is 1.36 bits per heavy atom. The molecule has 0 saturated heterocycles. The van der Waals surface area contributed by atoms with Crippen LogP contribution in [0.4, 0.5) is 0 Å². The molecule has 2 nitrogen and oxygen atoms in total. The molecule has 0 unspecified atom stereocenters. The lowest BCUT2D eigenvalue weighted by atomic mass is 10.1. The number of phenolic OH excluding ortho intramolecular Hbond substituents is 1. The average Bonchev–Trinajstić information content (AvgIpc) is 2.04. The summed E-state index contributed by atoms with van der Waals surface area (Å²) in [5.74, 6) is 0.293. The van der Waals surface area contributed by atoms with E-state index in [0.717, 1.165) is 5.56 Å². The van der Waals surface area contributed by atoms with Gasteiger partial charge in [0, 0.05) is 12.7 Å². The molecule has 0 radical (unpaired) electrons. The Balaban J connectivity index is 2.93. The zero-order valence-electron chi connectivity index (χ0n) is 6.74. The van der Waals surface area contributed by atoms with Crippen molar-refractivity contribution in [3.63, 3.8) is 0 Å². The lowest BCUT2D eigenvalue weighted by Crippen LogP contribution is -1.95. The molecule has 0 saturated carbocycles. The summed E-state index contributed by atoms with van der Waals surface area (Å²) < 4.78 is 5.06. The van der Waals surface area contributed by atoms with Crippen molar-refractivity contribution in [1.29, 1.82) is 0 Å². The Bertz CT molecular complexity index is 233. The topological polar surface area (TPSA) is 29.5 Å². The molecule has 0 amide bonds. The maximum atomic E-state index is 9.33. The third kappa shape index (κ3) is 1.71. The van der Waals surface area contributed by atoms with Gasteiger partial charge in [0.1, 0.15) is 5.75 Å². The number of aromatic hydroxyl groups is 1. The standard InChI is InChI=1S/C9H12O2/c1-7(11-2)8-5-3-4-6-9(8)10/h3-7,10H,1-2H3/t7-/m0/s1. The van der Waals surface area contributed by atoms with Gasteiger partial charge in [-0.05, 0) is 13.0 Å². The lowest BCUT2D eigenvalue weighted by molar-refractivity contribution is 0.117. The van der Waals surface area contributed by atoms with Gasteiger partial charge in [0.25, 0.3) is 0 Å². The third-order valence-corrected chi connectivity index (χ3v) is 1.73. The van der Waals surface area contributed by atoms with Gasteiger partial charge in [0.2, 0.25) is 0 Å². The molecule has 1 aromatic carbocycles. The highest BCUT2D eigenvalue weighted by Gasteiger charge is 2.06. The Morgan fingerprint density at radius 3 is 2.55 bits per heavy atom. The van der Waals surface area contributed by atoms with Gasteiger partial charge >= 0.3 is 0 Å². The third-order valence-electron chi connectivity index (χ3n) is 1.73. The Hall–Kier alpha value is -1.02. The Kier molecular flexibility index (Phi) is 2.49. The van der Waals surface area contributed by atoms with Gasteiger partial charge in [-0.2, -0.15) is 0 Å². The first-order chi connectivity index (χ1) is 5.25. The molecule has 0 fully saturated rings. The van der Waals surface area contributed by atoms with Crippen LogP contribution in [0.1, 0.15) is 18.6 Å². The number of methoxy groups -OCH3 is 1. The fraction of sp³-hybridized carbons (Fsp3) is 0.333. The van der Waals surface area contributed by atoms with Crippen LogP contribution in [0.15, 0.2) is 24.3 Å². The maximum absolute atomic E-state index is 9.33. The van der Waals surface area contributed by atoms with Crippen molar-refractivity contribution >= 4 is 0 Å². The van der Waals surface area contributed by atoms with Gasteiger partial charge in [0.05, 0.1) is 6.10 Å². The largest absolute Gasteiger partial charge is 0.508 e. The first-order valence-corrected chi connectivity index (χ1v) is 3.56. The van der Waals surface area contributed by atoms with Gasteiger partial charge in [-0.15, -0.1) is 0 Å². The molecule has 0 bridgehead atoms. The van der Waals surface area contributed by atoms with E-state index in [4.69, 9.17) is 4.74 Å². The molecule has 0 heterocycles. The van der Waals surface area contributed by atoms with E-state index in [2.05, 4.69) is 0 Å². The molecule has 0 aliphatic heterocycles. The molecule has 1 N–H and O–H groups in total. The number of benzene rings is 1. The second-order valence-electron chi connectivity index (χ2n) is 2.44. The van der Waals surface area contributed by atoms with Crippen molar-refractivity contribution in [2.24, 2.45) is 0 Å². The number of ether oxygens (including phenoxy) is 1. The first-order valence-electron chi connectivity index (χ1n) is 3.56. The van der Waals surface area contributed by atoms with Crippen molar-refractivity contribution in [2.45, 2.75) is 13.0 Å². The summed E-state index contributed by atoms with van der Waals surface area (Å²) in [6.07, 6.45) is -0.0452. The molecule has 0 spiro atoms. The van der Waals surface area contributed by atoms with Gasteiger partial charge in [-0.25, -0.2) is 0 Å². The average molecular weight is 152 g/mol. The number of phenols is 1. The van der Waals surface area contributed by atoms with Crippen molar-refractivity contribution < 1.29 is 9.84 Å². The summed E-state index contributed by atoms with van der Waals surface area (Å²) in [6.45, 7) is 1.90. The van der Waals surface area contributed by atoms with Gasteiger partial charge in [-0.3, -0.25) is 0 Å². The molecule has 2 heteroatoms. The van der Waals surface area contributed by atoms with E-state index in [-0.39, 0.29) is 6.10 Å². The predicted molar refractivity (Wildman–Crippen MR) is 43.5 cm³/mol. The van der Waals surface area contributed by atoms with Crippen LogP contribution in [0, 0.1) is 0 Å². The molecule has 60 valence electrons. The predicted octanol–water partition coefficient (Wildman–Crippen LogP) is 2.10. The highest BCUT2D eigenvalue weighted by atomic mass is 16.5. The van der Waals surface area contributed by atoms with E-state index in [1.165, 1.54) is 0 Å². The van der Waals surface area contributed by atoms with Crippen LogP contribution in [0.25, 0.3) is 0 Å². The quantitative estimate of drug-likeness (QED) is 0.703. The zero-order chi connectivity index (χ0) is 8.27. The van der Waals surface area contributed by atoms with E-state index < -0.39 is 0 Å². The normalized spacial score (nSPS) is 12.9. The highest BCUT2D eigenvalue weighted by Crippen LogP contribution is 2.24. The van der Waals surface area contributed by atoms with E-state index >= 15 is 0 Å². The molecular weight excluding hydrogens is 140 g/mol. The molecule has 1 atom stereocenters. The highest BCUT2D eigenvalue weighted by molar-refractivity contribution is 5.33. The molecule has 0 aromatic heterocycles. The van der Waals surface area contributed by atoms with E-state index in [9.17, 15) is 5.11 Å². The summed E-state index contributed by atoms with van der Waals surface area (Å²) in [6, 6.07) is 7.18. The molecular formula is C9H12O2. The van der Waals surface area contributed by atoms with Crippen LogP contribution in [0.5, 0.6) is 5.75 Å². The second-order valence-corrected chi connectivity index (χ2v) is 2.44. The summed E-state index contributed by atoms with van der Waals surface area (Å²) in [5.41, 5.74) is 0.829. The molecule has 1 rings (SSSR count). The van der Waals surface area contributed by atoms with Crippen molar-refractivity contribution in [2.75, 3.05) is 7.11 Å². The van der Waals surface area contributed by atoms with Crippen LogP contribution in [0.3, 0.4) is 0 Å².